The highest BCUT2D eigenvalue weighted by Crippen LogP contribution is 2.63. The first-order valence-electron chi connectivity index (χ1n) is 6.55. The molecule has 2 nitrogen and oxygen atoms in total. The minimum Gasteiger partial charge on any atom is -0.362 e. The number of rotatable bonds is 2. The average molecular weight is 218 g/mol. The summed E-state index contributed by atoms with van der Waals surface area (Å²) in [6.07, 6.45) is 5.22. The lowest BCUT2D eigenvalue weighted by atomic mass is 9.98. The summed E-state index contributed by atoms with van der Waals surface area (Å²) in [5.74, 6) is 1.34. The van der Waals surface area contributed by atoms with Crippen molar-refractivity contribution >= 4 is 0 Å². The van der Waals surface area contributed by atoms with Crippen molar-refractivity contribution in [2.45, 2.75) is 45.4 Å². The zero-order chi connectivity index (χ0) is 11.3. The van der Waals surface area contributed by atoms with Crippen molar-refractivity contribution in [3.8, 4) is 0 Å². The molecule has 2 aliphatic rings. The molecule has 0 amide bonds. The fraction of sp³-hybridized carbons (Fsp3) is 0.714. The zero-order valence-electron chi connectivity index (χ0n) is 10.3. The first-order valence-corrected chi connectivity index (χ1v) is 6.55. The van der Waals surface area contributed by atoms with Crippen LogP contribution in [0.15, 0.2) is 6.07 Å². The highest BCUT2D eigenvalue weighted by atomic mass is 14.8. The molecule has 3 rings (SSSR count). The molecule has 2 heteroatoms. The maximum atomic E-state index is 5.85. The number of aryl methyl sites for hydroxylation is 2. The lowest BCUT2D eigenvalue weighted by Crippen LogP contribution is -2.05. The van der Waals surface area contributed by atoms with E-state index in [0.717, 1.165) is 6.54 Å². The van der Waals surface area contributed by atoms with Crippen LogP contribution in [0.5, 0.6) is 0 Å². The Morgan fingerprint density at radius 1 is 1.38 bits per heavy atom. The van der Waals surface area contributed by atoms with Crippen molar-refractivity contribution in [3.05, 3.63) is 23.0 Å². The molecule has 88 valence electrons. The van der Waals surface area contributed by atoms with E-state index in [9.17, 15) is 0 Å². The van der Waals surface area contributed by atoms with Crippen LogP contribution in [0.25, 0.3) is 0 Å². The van der Waals surface area contributed by atoms with Crippen LogP contribution in [-0.4, -0.2) is 11.5 Å². The third-order valence-electron chi connectivity index (χ3n) is 4.77. The van der Waals surface area contributed by atoms with Crippen LogP contribution in [0.1, 0.15) is 49.6 Å². The molecule has 0 unspecified atom stereocenters. The SMILES string of the molecule is CC1(C)[C@H](CN)[C@H]1c1cc2c([nH]1)CCCC2. The summed E-state index contributed by atoms with van der Waals surface area (Å²) in [4.78, 5) is 3.66. The van der Waals surface area contributed by atoms with Crippen molar-refractivity contribution in [2.75, 3.05) is 6.54 Å². The quantitative estimate of drug-likeness (QED) is 0.787. The van der Waals surface area contributed by atoms with Gasteiger partial charge in [0.15, 0.2) is 0 Å². The van der Waals surface area contributed by atoms with Gasteiger partial charge < -0.3 is 10.7 Å². The van der Waals surface area contributed by atoms with Crippen LogP contribution in [0, 0.1) is 11.3 Å². The van der Waals surface area contributed by atoms with Gasteiger partial charge >= 0.3 is 0 Å². The molecule has 0 aliphatic heterocycles. The Morgan fingerprint density at radius 2 is 2.12 bits per heavy atom. The monoisotopic (exact) mass is 218 g/mol. The lowest BCUT2D eigenvalue weighted by molar-refractivity contribution is 0.557. The first kappa shape index (κ1) is 10.4. The molecule has 0 bridgehead atoms. The number of H-pyrrole nitrogens is 1. The van der Waals surface area contributed by atoms with Gasteiger partial charge in [-0.05, 0) is 55.2 Å². The Balaban J connectivity index is 1.88. The van der Waals surface area contributed by atoms with Gasteiger partial charge in [0, 0.05) is 17.3 Å². The third kappa shape index (κ3) is 1.36. The molecule has 1 fully saturated rings. The van der Waals surface area contributed by atoms with E-state index in [4.69, 9.17) is 5.73 Å². The summed E-state index contributed by atoms with van der Waals surface area (Å²) in [5.41, 5.74) is 10.8. The van der Waals surface area contributed by atoms with Gasteiger partial charge in [0.2, 0.25) is 0 Å². The molecule has 0 saturated heterocycles. The first-order chi connectivity index (χ1) is 7.64. The van der Waals surface area contributed by atoms with Crippen LogP contribution >= 0.6 is 0 Å². The molecule has 2 atom stereocenters. The fourth-order valence-electron chi connectivity index (χ4n) is 3.60. The Hall–Kier alpha value is -0.760. The molecular formula is C14H22N2. The predicted molar refractivity (Wildman–Crippen MR) is 66.5 cm³/mol. The summed E-state index contributed by atoms with van der Waals surface area (Å²) in [6.45, 7) is 5.51. The van der Waals surface area contributed by atoms with E-state index < -0.39 is 0 Å². The summed E-state index contributed by atoms with van der Waals surface area (Å²) in [7, 11) is 0. The topological polar surface area (TPSA) is 41.8 Å². The van der Waals surface area contributed by atoms with E-state index in [1.807, 2.05) is 0 Å². The number of aromatic nitrogens is 1. The lowest BCUT2D eigenvalue weighted by Gasteiger charge is -2.09. The normalized spacial score (nSPS) is 31.2. The second-order valence-electron chi connectivity index (χ2n) is 6.08. The highest BCUT2D eigenvalue weighted by Gasteiger charge is 2.58. The summed E-state index contributed by atoms with van der Waals surface area (Å²) >= 11 is 0. The molecular weight excluding hydrogens is 196 g/mol. The zero-order valence-corrected chi connectivity index (χ0v) is 10.3. The molecule has 1 heterocycles. The van der Waals surface area contributed by atoms with E-state index in [0.29, 0.717) is 17.3 Å². The predicted octanol–water partition coefficient (Wildman–Crippen LogP) is 2.59. The maximum absolute atomic E-state index is 5.85. The number of hydrogen-bond acceptors (Lipinski definition) is 1. The molecule has 1 saturated carbocycles. The highest BCUT2D eigenvalue weighted by molar-refractivity contribution is 5.35. The Kier molecular flexibility index (Phi) is 2.19. The van der Waals surface area contributed by atoms with Crippen LogP contribution in [0.4, 0.5) is 0 Å². The van der Waals surface area contributed by atoms with E-state index in [1.54, 1.807) is 5.56 Å². The largest absolute Gasteiger partial charge is 0.362 e. The molecule has 1 aromatic heterocycles. The fourth-order valence-corrected chi connectivity index (χ4v) is 3.60. The van der Waals surface area contributed by atoms with Crippen molar-refractivity contribution in [1.29, 1.82) is 0 Å². The van der Waals surface area contributed by atoms with Gasteiger partial charge in [0.05, 0.1) is 0 Å². The Labute approximate surface area is 97.6 Å². The molecule has 0 radical (unpaired) electrons. The van der Waals surface area contributed by atoms with Gasteiger partial charge in [-0.15, -0.1) is 0 Å². The number of fused-ring (bicyclic) bond motifs is 1. The molecule has 2 aliphatic carbocycles. The van der Waals surface area contributed by atoms with E-state index >= 15 is 0 Å². The van der Waals surface area contributed by atoms with E-state index in [-0.39, 0.29) is 0 Å². The molecule has 1 aromatic rings. The second kappa shape index (κ2) is 3.36. The molecule has 3 N–H and O–H groups in total. The number of nitrogens with one attached hydrogen (secondary N) is 1. The van der Waals surface area contributed by atoms with Crippen LogP contribution in [0.3, 0.4) is 0 Å². The summed E-state index contributed by atoms with van der Waals surface area (Å²) in [6, 6.07) is 2.41. The second-order valence-corrected chi connectivity index (χ2v) is 6.08. The van der Waals surface area contributed by atoms with Crippen LogP contribution < -0.4 is 5.73 Å². The smallest absolute Gasteiger partial charge is 0.0192 e. The van der Waals surface area contributed by atoms with Gasteiger partial charge in [-0.2, -0.15) is 0 Å². The minimum absolute atomic E-state index is 0.405. The Bertz CT molecular complexity index is 379. The molecule has 16 heavy (non-hydrogen) atoms. The van der Waals surface area contributed by atoms with Crippen molar-refractivity contribution in [3.63, 3.8) is 0 Å². The van der Waals surface area contributed by atoms with Gasteiger partial charge in [-0.3, -0.25) is 0 Å². The summed E-state index contributed by atoms with van der Waals surface area (Å²) < 4.78 is 0. The van der Waals surface area contributed by atoms with Gasteiger partial charge in [-0.1, -0.05) is 13.8 Å². The van der Waals surface area contributed by atoms with Crippen molar-refractivity contribution < 1.29 is 0 Å². The van der Waals surface area contributed by atoms with Crippen LogP contribution in [0.2, 0.25) is 0 Å². The molecule has 0 aromatic carbocycles. The van der Waals surface area contributed by atoms with E-state index in [2.05, 4.69) is 24.9 Å². The van der Waals surface area contributed by atoms with Crippen molar-refractivity contribution in [1.82, 2.24) is 4.98 Å². The number of aromatic amines is 1. The van der Waals surface area contributed by atoms with Crippen molar-refractivity contribution in [2.24, 2.45) is 17.1 Å². The average Bonchev–Trinajstić information content (AvgIpc) is 2.65. The van der Waals surface area contributed by atoms with Crippen LogP contribution in [-0.2, 0) is 12.8 Å². The number of hydrogen-bond donors (Lipinski definition) is 2. The Morgan fingerprint density at radius 3 is 2.75 bits per heavy atom. The minimum atomic E-state index is 0.405. The van der Waals surface area contributed by atoms with Gasteiger partial charge in [0.1, 0.15) is 0 Å². The number of nitrogens with two attached hydrogens (primary N) is 1. The standard InChI is InChI=1S/C14H22N2/c1-14(2)10(8-15)13(14)12-7-9-5-3-4-6-11(9)16-12/h7,10,13,16H,3-6,8,15H2,1-2H3/t10-,13+/m1/s1. The maximum Gasteiger partial charge on any atom is 0.0192 e. The van der Waals surface area contributed by atoms with Gasteiger partial charge in [0.25, 0.3) is 0 Å². The van der Waals surface area contributed by atoms with Gasteiger partial charge in [-0.25, -0.2) is 0 Å². The van der Waals surface area contributed by atoms with E-state index in [1.165, 1.54) is 37.1 Å². The summed E-state index contributed by atoms with van der Waals surface area (Å²) in [5, 5.41) is 0. The third-order valence-corrected chi connectivity index (χ3v) is 4.77. The molecule has 0 spiro atoms.